The molecule has 172 valence electrons. The molecule has 0 aliphatic carbocycles. The maximum atomic E-state index is 12.9. The molecule has 32 heavy (non-hydrogen) atoms. The van der Waals surface area contributed by atoms with E-state index < -0.39 is 0 Å². The molecule has 8 nitrogen and oxygen atoms in total. The molecule has 0 spiro atoms. The number of rotatable bonds is 8. The summed E-state index contributed by atoms with van der Waals surface area (Å²) >= 11 is 1.39. The molecule has 0 bridgehead atoms. The Hall–Kier alpha value is -2.36. The number of likely N-dealkylation sites (tertiary alicyclic amines) is 1. The van der Waals surface area contributed by atoms with Gasteiger partial charge in [0.15, 0.2) is 5.16 Å². The van der Waals surface area contributed by atoms with Crippen LogP contribution in [0.5, 0.6) is 0 Å². The molecule has 3 heterocycles. The second-order valence-corrected chi connectivity index (χ2v) is 9.36. The number of piperazine rings is 1. The van der Waals surface area contributed by atoms with Crippen molar-refractivity contribution in [2.75, 3.05) is 63.4 Å². The summed E-state index contributed by atoms with van der Waals surface area (Å²) in [5.41, 5.74) is 1.36. The largest absolute Gasteiger partial charge is 0.336 e. The van der Waals surface area contributed by atoms with Crippen LogP contribution in [0.4, 0.5) is 5.69 Å². The van der Waals surface area contributed by atoms with Gasteiger partial charge in [-0.2, -0.15) is 0 Å². The lowest BCUT2D eigenvalue weighted by Gasteiger charge is -2.35. The average molecular weight is 457 g/mol. The van der Waals surface area contributed by atoms with Gasteiger partial charge in [-0.15, -0.1) is 0 Å². The third-order valence-electron chi connectivity index (χ3n) is 6.12. The van der Waals surface area contributed by atoms with Crippen LogP contribution in [0, 0.1) is 0 Å². The first kappa shape index (κ1) is 22.8. The second-order valence-electron chi connectivity index (χ2n) is 8.42. The number of hydrogen-bond acceptors (Lipinski definition) is 6. The molecule has 0 unspecified atom stereocenters. The fourth-order valence-electron chi connectivity index (χ4n) is 4.16. The summed E-state index contributed by atoms with van der Waals surface area (Å²) < 4.78 is 1.88. The molecule has 2 aliphatic heterocycles. The molecule has 1 aromatic carbocycles. The minimum atomic E-state index is -0.0953. The molecule has 2 amide bonds. The molecule has 2 aromatic rings. The second kappa shape index (κ2) is 11.0. The molecular weight excluding hydrogens is 424 g/mol. The van der Waals surface area contributed by atoms with Gasteiger partial charge in [-0.1, -0.05) is 11.8 Å². The number of carbonyl (C=O) groups excluding carboxylic acids is 2. The van der Waals surface area contributed by atoms with Crippen molar-refractivity contribution in [3.05, 3.63) is 42.2 Å². The molecule has 2 aliphatic rings. The van der Waals surface area contributed by atoms with Crippen LogP contribution in [0.2, 0.25) is 0 Å². The van der Waals surface area contributed by atoms with Crippen molar-refractivity contribution >= 4 is 29.3 Å². The van der Waals surface area contributed by atoms with Crippen molar-refractivity contribution in [3.63, 3.8) is 0 Å². The van der Waals surface area contributed by atoms with Gasteiger partial charge in [0.25, 0.3) is 5.91 Å². The minimum absolute atomic E-state index is 0.0624. The summed E-state index contributed by atoms with van der Waals surface area (Å²) in [7, 11) is 1.90. The van der Waals surface area contributed by atoms with Gasteiger partial charge in [-0.05, 0) is 50.2 Å². The molecule has 1 aromatic heterocycles. The zero-order valence-corrected chi connectivity index (χ0v) is 19.5. The lowest BCUT2D eigenvalue weighted by Crippen LogP contribution is -2.50. The molecule has 9 heteroatoms. The van der Waals surface area contributed by atoms with Gasteiger partial charge >= 0.3 is 0 Å². The molecule has 0 radical (unpaired) electrons. The van der Waals surface area contributed by atoms with Gasteiger partial charge in [0.05, 0.1) is 5.75 Å². The Kier molecular flexibility index (Phi) is 7.83. The van der Waals surface area contributed by atoms with Crippen molar-refractivity contribution in [1.29, 1.82) is 0 Å². The van der Waals surface area contributed by atoms with Crippen LogP contribution in [-0.4, -0.2) is 94.2 Å². The predicted octanol–water partition coefficient (Wildman–Crippen LogP) is 2.00. The number of aromatic nitrogens is 2. The van der Waals surface area contributed by atoms with E-state index in [0.29, 0.717) is 11.3 Å². The minimum Gasteiger partial charge on any atom is -0.336 e. The molecule has 2 saturated heterocycles. The Morgan fingerprint density at radius 1 is 0.969 bits per heavy atom. The van der Waals surface area contributed by atoms with E-state index in [2.05, 4.69) is 20.1 Å². The van der Waals surface area contributed by atoms with Crippen LogP contribution < -0.4 is 5.32 Å². The highest BCUT2D eigenvalue weighted by molar-refractivity contribution is 7.99. The summed E-state index contributed by atoms with van der Waals surface area (Å²) in [5, 5.41) is 3.68. The number of thioether (sulfide) groups is 1. The highest BCUT2D eigenvalue weighted by Gasteiger charge is 2.23. The molecule has 2 fully saturated rings. The summed E-state index contributed by atoms with van der Waals surface area (Å²) in [6, 6.07) is 7.18. The predicted molar refractivity (Wildman–Crippen MR) is 127 cm³/mol. The average Bonchev–Trinajstić information content (AvgIpc) is 3.48. The van der Waals surface area contributed by atoms with Crippen LogP contribution >= 0.6 is 11.8 Å². The zero-order chi connectivity index (χ0) is 22.3. The fraction of sp³-hybridized carbons (Fsp3) is 0.522. The lowest BCUT2D eigenvalue weighted by molar-refractivity contribution is -0.113. The number of hydrogen-bond donors (Lipinski definition) is 1. The maximum absolute atomic E-state index is 12.9. The summed E-state index contributed by atoms with van der Waals surface area (Å²) in [4.78, 5) is 36.2. The van der Waals surface area contributed by atoms with E-state index in [1.165, 1.54) is 37.7 Å². The monoisotopic (exact) mass is 456 g/mol. The van der Waals surface area contributed by atoms with Crippen molar-refractivity contribution in [1.82, 2.24) is 24.3 Å². The maximum Gasteiger partial charge on any atom is 0.253 e. The number of nitrogens with zero attached hydrogens (tertiary/aromatic N) is 5. The molecule has 1 N–H and O–H groups in total. The van der Waals surface area contributed by atoms with Gasteiger partial charge in [-0.25, -0.2) is 4.98 Å². The number of benzene rings is 1. The van der Waals surface area contributed by atoms with E-state index >= 15 is 0 Å². The molecule has 0 atom stereocenters. The quantitative estimate of drug-likeness (QED) is 0.613. The fourth-order valence-corrected chi connectivity index (χ4v) is 4.89. The first-order valence-electron chi connectivity index (χ1n) is 11.3. The standard InChI is InChI=1S/C23H32N6O2S/c1-26-11-8-24-23(26)32-18-21(30)25-20-6-4-19(5-7-20)22(31)29-16-14-28(15-17-29)13-12-27-9-2-3-10-27/h4-8,11H,2-3,9-10,12-18H2,1H3,(H,25,30). The van der Waals surface area contributed by atoms with Gasteiger partial charge in [-0.3, -0.25) is 14.5 Å². The van der Waals surface area contributed by atoms with Crippen LogP contribution in [0.1, 0.15) is 23.2 Å². The van der Waals surface area contributed by atoms with E-state index in [-0.39, 0.29) is 17.6 Å². The van der Waals surface area contributed by atoms with Crippen LogP contribution in [0.15, 0.2) is 41.8 Å². The van der Waals surface area contributed by atoms with Crippen molar-refractivity contribution < 1.29 is 9.59 Å². The van der Waals surface area contributed by atoms with Crippen molar-refractivity contribution in [2.24, 2.45) is 7.05 Å². The first-order chi connectivity index (χ1) is 15.6. The molecular formula is C23H32N6O2S. The van der Waals surface area contributed by atoms with E-state index in [4.69, 9.17) is 0 Å². The topological polar surface area (TPSA) is 73.7 Å². The van der Waals surface area contributed by atoms with Crippen molar-refractivity contribution in [2.45, 2.75) is 18.0 Å². The SMILES string of the molecule is Cn1ccnc1SCC(=O)Nc1ccc(C(=O)N2CCN(CCN3CCCC3)CC2)cc1. The van der Waals surface area contributed by atoms with Crippen LogP contribution in [-0.2, 0) is 11.8 Å². The number of amides is 2. The normalized spacial score (nSPS) is 17.6. The Labute approximate surface area is 194 Å². The van der Waals surface area contributed by atoms with E-state index in [1.807, 2.05) is 22.7 Å². The number of nitrogens with one attached hydrogen (secondary N) is 1. The Balaban J connectivity index is 1.20. The summed E-state index contributed by atoms with van der Waals surface area (Å²) in [5.74, 6) is 0.252. The zero-order valence-electron chi connectivity index (χ0n) is 18.7. The summed E-state index contributed by atoms with van der Waals surface area (Å²) in [6.07, 6.45) is 6.22. The number of aryl methyl sites for hydroxylation is 1. The number of anilines is 1. The van der Waals surface area contributed by atoms with E-state index in [1.54, 1.807) is 30.5 Å². The van der Waals surface area contributed by atoms with Crippen LogP contribution in [0.3, 0.4) is 0 Å². The Morgan fingerprint density at radius 3 is 2.25 bits per heavy atom. The third-order valence-corrected chi connectivity index (χ3v) is 7.17. The highest BCUT2D eigenvalue weighted by Crippen LogP contribution is 2.17. The Bertz CT molecular complexity index is 901. The molecule has 0 saturated carbocycles. The Morgan fingerprint density at radius 2 is 1.62 bits per heavy atom. The molecule has 4 rings (SSSR count). The van der Waals surface area contributed by atoms with Gasteiger partial charge in [0, 0.05) is 70.0 Å². The number of imidazole rings is 1. The van der Waals surface area contributed by atoms with E-state index in [9.17, 15) is 9.59 Å². The lowest BCUT2D eigenvalue weighted by atomic mass is 10.1. The smallest absolute Gasteiger partial charge is 0.253 e. The van der Waals surface area contributed by atoms with Crippen molar-refractivity contribution in [3.8, 4) is 0 Å². The first-order valence-corrected chi connectivity index (χ1v) is 12.3. The highest BCUT2D eigenvalue weighted by atomic mass is 32.2. The van der Waals surface area contributed by atoms with Gasteiger partial charge in [0.1, 0.15) is 0 Å². The van der Waals surface area contributed by atoms with Gasteiger partial charge in [0.2, 0.25) is 5.91 Å². The van der Waals surface area contributed by atoms with Gasteiger partial charge < -0.3 is 19.7 Å². The number of carbonyl (C=O) groups is 2. The van der Waals surface area contributed by atoms with Crippen LogP contribution in [0.25, 0.3) is 0 Å². The van der Waals surface area contributed by atoms with E-state index in [0.717, 1.165) is 44.4 Å². The summed E-state index contributed by atoms with van der Waals surface area (Å²) in [6.45, 7) is 8.10. The third kappa shape index (κ3) is 6.11.